The Bertz CT molecular complexity index is 734. The summed E-state index contributed by atoms with van der Waals surface area (Å²) in [6.45, 7) is 0.571. The smallest absolute Gasteiger partial charge is 0.272 e. The Hall–Kier alpha value is -2.20. The minimum atomic E-state index is -0.840. The van der Waals surface area contributed by atoms with Gasteiger partial charge in [0.15, 0.2) is 0 Å². The minimum Gasteiger partial charge on any atom is -0.385 e. The van der Waals surface area contributed by atoms with Crippen LogP contribution < -0.4 is 0 Å². The summed E-state index contributed by atoms with van der Waals surface area (Å²) < 4.78 is 0. The van der Waals surface area contributed by atoms with E-state index in [4.69, 9.17) is 0 Å². The first-order valence-corrected chi connectivity index (χ1v) is 9.20. The van der Waals surface area contributed by atoms with E-state index in [1.807, 2.05) is 47.4 Å². The van der Waals surface area contributed by atoms with Crippen LogP contribution in [0.5, 0.6) is 0 Å². The van der Waals surface area contributed by atoms with Gasteiger partial charge in [0.1, 0.15) is 5.69 Å². The molecule has 0 bridgehead atoms. The Morgan fingerprint density at radius 2 is 1.84 bits per heavy atom. The van der Waals surface area contributed by atoms with Gasteiger partial charge in [-0.05, 0) is 37.0 Å². The van der Waals surface area contributed by atoms with Gasteiger partial charge in [0.25, 0.3) is 5.91 Å². The molecule has 1 aromatic heterocycles. The van der Waals surface area contributed by atoms with E-state index >= 15 is 0 Å². The third kappa shape index (κ3) is 2.85. The summed E-state index contributed by atoms with van der Waals surface area (Å²) in [7, 11) is 0. The SMILES string of the molecule is O=C(c1ccccn1)N1CC[C@](O)(c2ccccc2)[C@H]2CCCC[C@H]21. The van der Waals surface area contributed by atoms with Crippen molar-refractivity contribution in [1.29, 1.82) is 0 Å². The first kappa shape index (κ1) is 16.3. The number of likely N-dealkylation sites (tertiary alicyclic amines) is 1. The summed E-state index contributed by atoms with van der Waals surface area (Å²) in [6.07, 6.45) is 6.38. The average Bonchev–Trinajstić information content (AvgIpc) is 2.69. The van der Waals surface area contributed by atoms with Crippen molar-refractivity contribution in [3.05, 3.63) is 66.0 Å². The van der Waals surface area contributed by atoms with Crippen molar-refractivity contribution in [3.8, 4) is 0 Å². The van der Waals surface area contributed by atoms with Crippen molar-refractivity contribution in [3.63, 3.8) is 0 Å². The largest absolute Gasteiger partial charge is 0.385 e. The number of pyridine rings is 1. The van der Waals surface area contributed by atoms with Crippen molar-refractivity contribution in [2.45, 2.75) is 43.7 Å². The summed E-state index contributed by atoms with van der Waals surface area (Å²) in [6, 6.07) is 15.5. The third-order valence-corrected chi connectivity index (χ3v) is 5.90. The summed E-state index contributed by atoms with van der Waals surface area (Å²) in [5.74, 6) is 0.0812. The maximum absolute atomic E-state index is 13.0. The second kappa shape index (κ2) is 6.60. The van der Waals surface area contributed by atoms with E-state index in [2.05, 4.69) is 4.98 Å². The number of aromatic nitrogens is 1. The number of carbonyl (C=O) groups excluding carboxylic acids is 1. The summed E-state index contributed by atoms with van der Waals surface area (Å²) >= 11 is 0. The van der Waals surface area contributed by atoms with E-state index in [1.54, 1.807) is 12.3 Å². The number of nitrogens with zero attached hydrogens (tertiary/aromatic N) is 2. The predicted molar refractivity (Wildman–Crippen MR) is 96.0 cm³/mol. The Morgan fingerprint density at radius 1 is 1.08 bits per heavy atom. The van der Waals surface area contributed by atoms with Crippen LogP contribution in [-0.4, -0.2) is 33.5 Å². The molecule has 1 aliphatic heterocycles. The Labute approximate surface area is 148 Å². The lowest BCUT2D eigenvalue weighted by Crippen LogP contribution is -2.59. The average molecular weight is 336 g/mol. The van der Waals surface area contributed by atoms with Crippen LogP contribution in [-0.2, 0) is 5.60 Å². The van der Waals surface area contributed by atoms with E-state index in [0.717, 1.165) is 31.2 Å². The molecule has 4 rings (SSSR count). The normalized spacial score (nSPS) is 29.1. The van der Waals surface area contributed by atoms with Gasteiger partial charge in [-0.2, -0.15) is 0 Å². The first-order chi connectivity index (χ1) is 12.2. The number of aliphatic hydroxyl groups is 1. The van der Waals surface area contributed by atoms with Gasteiger partial charge < -0.3 is 10.0 Å². The number of hydrogen-bond acceptors (Lipinski definition) is 3. The first-order valence-electron chi connectivity index (χ1n) is 9.20. The van der Waals surface area contributed by atoms with Crippen LogP contribution in [0, 0.1) is 5.92 Å². The zero-order chi connectivity index (χ0) is 17.3. The maximum Gasteiger partial charge on any atom is 0.272 e. The van der Waals surface area contributed by atoms with Crippen molar-refractivity contribution in [2.24, 2.45) is 5.92 Å². The Balaban J connectivity index is 1.66. The van der Waals surface area contributed by atoms with Gasteiger partial charge >= 0.3 is 0 Å². The van der Waals surface area contributed by atoms with Gasteiger partial charge in [-0.1, -0.05) is 49.2 Å². The van der Waals surface area contributed by atoms with Crippen LogP contribution in [0.2, 0.25) is 0 Å². The molecule has 0 spiro atoms. The van der Waals surface area contributed by atoms with Gasteiger partial charge in [0, 0.05) is 24.7 Å². The molecule has 1 saturated heterocycles. The molecule has 1 aliphatic carbocycles. The number of amides is 1. The summed E-state index contributed by atoms with van der Waals surface area (Å²) in [5, 5.41) is 11.6. The highest BCUT2D eigenvalue weighted by molar-refractivity contribution is 5.92. The molecule has 4 nitrogen and oxygen atoms in total. The molecule has 1 aromatic carbocycles. The topological polar surface area (TPSA) is 53.4 Å². The third-order valence-electron chi connectivity index (χ3n) is 5.90. The second-order valence-corrected chi connectivity index (χ2v) is 7.21. The van der Waals surface area contributed by atoms with Crippen LogP contribution in [0.3, 0.4) is 0 Å². The molecule has 2 fully saturated rings. The molecule has 2 aromatic rings. The van der Waals surface area contributed by atoms with E-state index < -0.39 is 5.60 Å². The standard InChI is InChI=1S/C21H24N2O2/c24-20(18-11-6-7-14-22-18)23-15-13-21(25,16-8-2-1-3-9-16)17-10-4-5-12-19(17)23/h1-3,6-9,11,14,17,19,25H,4-5,10,12-13,15H2/t17-,19+,21-/m0/s1. The molecule has 3 atom stereocenters. The highest BCUT2D eigenvalue weighted by Gasteiger charge is 2.50. The van der Waals surface area contributed by atoms with Gasteiger partial charge in [-0.15, -0.1) is 0 Å². The maximum atomic E-state index is 13.0. The van der Waals surface area contributed by atoms with Crippen LogP contribution >= 0.6 is 0 Å². The monoisotopic (exact) mass is 336 g/mol. The van der Waals surface area contributed by atoms with E-state index in [0.29, 0.717) is 18.7 Å². The van der Waals surface area contributed by atoms with Crippen molar-refractivity contribution < 1.29 is 9.90 Å². The van der Waals surface area contributed by atoms with Gasteiger partial charge in [-0.3, -0.25) is 9.78 Å². The highest BCUT2D eigenvalue weighted by atomic mass is 16.3. The fourth-order valence-electron chi connectivity index (χ4n) is 4.66. The number of rotatable bonds is 2. The number of piperidine rings is 1. The fraction of sp³-hybridized carbons (Fsp3) is 0.429. The molecule has 4 heteroatoms. The number of fused-ring (bicyclic) bond motifs is 1. The Morgan fingerprint density at radius 3 is 2.60 bits per heavy atom. The molecule has 2 heterocycles. The Kier molecular flexibility index (Phi) is 4.30. The van der Waals surface area contributed by atoms with Crippen molar-refractivity contribution >= 4 is 5.91 Å². The van der Waals surface area contributed by atoms with Crippen molar-refractivity contribution in [1.82, 2.24) is 9.88 Å². The molecular formula is C21H24N2O2. The lowest BCUT2D eigenvalue weighted by atomic mass is 9.66. The fourth-order valence-corrected chi connectivity index (χ4v) is 4.66. The minimum absolute atomic E-state index is 0.00684. The molecule has 1 amide bonds. The van der Waals surface area contributed by atoms with Gasteiger partial charge in [0.05, 0.1) is 5.60 Å². The highest BCUT2D eigenvalue weighted by Crippen LogP contribution is 2.47. The van der Waals surface area contributed by atoms with E-state index in [-0.39, 0.29) is 17.9 Å². The molecule has 25 heavy (non-hydrogen) atoms. The van der Waals surface area contributed by atoms with Crippen LogP contribution in [0.1, 0.15) is 48.2 Å². The summed E-state index contributed by atoms with van der Waals surface area (Å²) in [5.41, 5.74) is 0.640. The predicted octanol–water partition coefficient (Wildman–Crippen LogP) is 3.37. The van der Waals surface area contributed by atoms with Gasteiger partial charge in [0.2, 0.25) is 0 Å². The molecular weight excluding hydrogens is 312 g/mol. The van der Waals surface area contributed by atoms with Gasteiger partial charge in [-0.25, -0.2) is 0 Å². The molecule has 130 valence electrons. The van der Waals surface area contributed by atoms with E-state index in [9.17, 15) is 9.90 Å². The van der Waals surface area contributed by atoms with Crippen LogP contribution in [0.15, 0.2) is 54.7 Å². The number of hydrogen-bond donors (Lipinski definition) is 1. The van der Waals surface area contributed by atoms with E-state index in [1.165, 1.54) is 0 Å². The molecule has 1 N–H and O–H groups in total. The summed E-state index contributed by atoms with van der Waals surface area (Å²) in [4.78, 5) is 19.2. The lowest BCUT2D eigenvalue weighted by molar-refractivity contribution is -0.110. The zero-order valence-electron chi connectivity index (χ0n) is 14.3. The molecule has 2 aliphatic rings. The molecule has 1 saturated carbocycles. The number of benzene rings is 1. The quantitative estimate of drug-likeness (QED) is 0.915. The molecule has 0 radical (unpaired) electrons. The number of carbonyl (C=O) groups is 1. The second-order valence-electron chi connectivity index (χ2n) is 7.21. The molecule has 0 unspecified atom stereocenters. The van der Waals surface area contributed by atoms with Crippen molar-refractivity contribution in [2.75, 3.05) is 6.54 Å². The van der Waals surface area contributed by atoms with Crippen LogP contribution in [0.4, 0.5) is 0 Å². The zero-order valence-corrected chi connectivity index (χ0v) is 14.3. The van der Waals surface area contributed by atoms with Crippen LogP contribution in [0.25, 0.3) is 0 Å². The lowest BCUT2D eigenvalue weighted by Gasteiger charge is -2.52.